The normalized spacial score (nSPS) is 12.0. The van der Waals surface area contributed by atoms with Crippen LogP contribution in [-0.4, -0.2) is 24.5 Å². The predicted octanol–water partition coefficient (Wildman–Crippen LogP) is 3.43. The van der Waals surface area contributed by atoms with Gasteiger partial charge in [-0.1, -0.05) is 47.5 Å². The number of anilines is 1. The Labute approximate surface area is 162 Å². The highest BCUT2D eigenvalue weighted by atomic mass is 35.5. The summed E-state index contributed by atoms with van der Waals surface area (Å²) < 4.78 is 0. The number of hydrogen-bond donors (Lipinski definition) is 2. The molecule has 2 aromatic carbocycles. The maximum atomic E-state index is 12.2. The molecule has 1 aromatic heterocycles. The van der Waals surface area contributed by atoms with E-state index < -0.39 is 0 Å². The first kappa shape index (κ1) is 18.6. The minimum atomic E-state index is -0.00656. The second kappa shape index (κ2) is 8.45. The van der Waals surface area contributed by atoms with Crippen LogP contribution in [0.2, 0.25) is 5.02 Å². The molecule has 0 saturated heterocycles. The van der Waals surface area contributed by atoms with Gasteiger partial charge in [0.2, 0.25) is 0 Å². The lowest BCUT2D eigenvalue weighted by Gasteiger charge is -2.12. The number of nitrogens with one attached hydrogen (secondary N) is 2. The van der Waals surface area contributed by atoms with Crippen LogP contribution in [0.1, 0.15) is 11.3 Å². The van der Waals surface area contributed by atoms with Gasteiger partial charge in [0.25, 0.3) is 5.91 Å². The van der Waals surface area contributed by atoms with Crippen LogP contribution in [0.3, 0.4) is 0 Å². The van der Waals surface area contributed by atoms with E-state index in [4.69, 9.17) is 11.6 Å². The fraction of sp³-hybridized carbons (Fsp3) is 0.200. The third-order valence-corrected chi connectivity index (χ3v) is 5.19. The summed E-state index contributed by atoms with van der Waals surface area (Å²) in [6.45, 7) is 3.09. The minimum absolute atomic E-state index is 0.00656. The van der Waals surface area contributed by atoms with Crippen molar-refractivity contribution in [3.8, 4) is 10.6 Å². The Morgan fingerprint density at radius 2 is 1.92 bits per heavy atom. The molecule has 3 aromatic rings. The molecule has 0 aliphatic carbocycles. The SMILES string of the molecule is Cc1ccc(NC(=O)C[NH+](C)Cc2csc(-c3ccccc3Cl)n2)cc1. The highest BCUT2D eigenvalue weighted by molar-refractivity contribution is 7.13. The lowest BCUT2D eigenvalue weighted by atomic mass is 10.2. The van der Waals surface area contributed by atoms with Crippen molar-refractivity contribution in [3.63, 3.8) is 0 Å². The van der Waals surface area contributed by atoms with E-state index in [1.165, 1.54) is 5.56 Å². The number of nitrogens with zero attached hydrogens (tertiary/aromatic N) is 1. The number of quaternary nitrogens is 1. The number of aryl methyl sites for hydroxylation is 1. The van der Waals surface area contributed by atoms with Crippen molar-refractivity contribution < 1.29 is 9.69 Å². The van der Waals surface area contributed by atoms with E-state index in [0.29, 0.717) is 18.1 Å². The smallest absolute Gasteiger partial charge is 0.279 e. The molecule has 1 heterocycles. The van der Waals surface area contributed by atoms with Crippen LogP contribution in [0, 0.1) is 6.92 Å². The zero-order valence-corrected chi connectivity index (χ0v) is 16.3. The number of thiazole rings is 1. The maximum Gasteiger partial charge on any atom is 0.279 e. The van der Waals surface area contributed by atoms with Gasteiger partial charge in [0.1, 0.15) is 17.2 Å². The number of halogens is 1. The van der Waals surface area contributed by atoms with Crippen LogP contribution in [0.15, 0.2) is 53.9 Å². The molecule has 26 heavy (non-hydrogen) atoms. The number of carbonyl (C=O) groups is 1. The van der Waals surface area contributed by atoms with E-state index in [9.17, 15) is 4.79 Å². The van der Waals surface area contributed by atoms with E-state index in [0.717, 1.165) is 26.9 Å². The molecule has 4 nitrogen and oxygen atoms in total. The summed E-state index contributed by atoms with van der Waals surface area (Å²) in [6, 6.07) is 15.5. The average Bonchev–Trinajstić information content (AvgIpc) is 3.05. The fourth-order valence-corrected chi connectivity index (χ4v) is 3.77. The second-order valence-electron chi connectivity index (χ2n) is 6.35. The van der Waals surface area contributed by atoms with Gasteiger partial charge in [-0.3, -0.25) is 4.79 Å². The third-order valence-electron chi connectivity index (χ3n) is 3.94. The zero-order valence-electron chi connectivity index (χ0n) is 14.8. The summed E-state index contributed by atoms with van der Waals surface area (Å²) in [4.78, 5) is 17.9. The van der Waals surface area contributed by atoms with Gasteiger partial charge in [-0.15, -0.1) is 11.3 Å². The van der Waals surface area contributed by atoms with Crippen molar-refractivity contribution in [1.82, 2.24) is 4.98 Å². The summed E-state index contributed by atoms with van der Waals surface area (Å²) in [7, 11) is 1.99. The average molecular weight is 387 g/mol. The molecule has 0 bridgehead atoms. The lowest BCUT2D eigenvalue weighted by Crippen LogP contribution is -3.08. The van der Waals surface area contributed by atoms with Crippen molar-refractivity contribution in [2.75, 3.05) is 18.9 Å². The van der Waals surface area contributed by atoms with Crippen molar-refractivity contribution in [2.45, 2.75) is 13.5 Å². The molecule has 0 aliphatic heterocycles. The van der Waals surface area contributed by atoms with Crippen LogP contribution < -0.4 is 10.2 Å². The van der Waals surface area contributed by atoms with Gasteiger partial charge in [-0.05, 0) is 25.1 Å². The Morgan fingerprint density at radius 1 is 1.19 bits per heavy atom. The Kier molecular flexibility index (Phi) is 6.04. The number of benzene rings is 2. The maximum absolute atomic E-state index is 12.2. The molecule has 3 rings (SSSR count). The third kappa shape index (κ3) is 4.91. The zero-order chi connectivity index (χ0) is 18.5. The van der Waals surface area contributed by atoms with E-state index in [1.54, 1.807) is 11.3 Å². The van der Waals surface area contributed by atoms with E-state index in [-0.39, 0.29) is 5.91 Å². The van der Waals surface area contributed by atoms with Crippen LogP contribution >= 0.6 is 22.9 Å². The highest BCUT2D eigenvalue weighted by Crippen LogP contribution is 2.29. The van der Waals surface area contributed by atoms with Gasteiger partial charge >= 0.3 is 0 Å². The molecule has 0 radical (unpaired) electrons. The molecule has 1 amide bonds. The highest BCUT2D eigenvalue weighted by Gasteiger charge is 2.14. The Hall–Kier alpha value is -2.21. The molecule has 6 heteroatoms. The predicted molar refractivity (Wildman–Crippen MR) is 108 cm³/mol. The number of carbonyl (C=O) groups excluding carboxylic acids is 1. The van der Waals surface area contributed by atoms with E-state index >= 15 is 0 Å². The first-order valence-corrected chi connectivity index (χ1v) is 9.64. The van der Waals surface area contributed by atoms with E-state index in [2.05, 4.69) is 10.3 Å². The Balaban J connectivity index is 1.56. The molecule has 0 aliphatic rings. The van der Waals surface area contributed by atoms with Crippen LogP contribution in [0.25, 0.3) is 10.6 Å². The number of rotatable bonds is 6. The quantitative estimate of drug-likeness (QED) is 0.681. The molecule has 1 atom stereocenters. The molecule has 1 unspecified atom stereocenters. The summed E-state index contributed by atoms with van der Waals surface area (Å²) in [5, 5.41) is 6.56. The van der Waals surface area contributed by atoms with Crippen LogP contribution in [0.4, 0.5) is 5.69 Å². The number of aromatic nitrogens is 1. The number of amides is 1. The van der Waals surface area contributed by atoms with Gasteiger partial charge in [-0.25, -0.2) is 4.98 Å². The standard InChI is InChI=1S/C20H20ClN3OS/c1-14-7-9-15(10-8-14)22-19(25)12-24(2)11-16-13-26-20(23-16)17-5-3-4-6-18(17)21/h3-10,13H,11-12H2,1-2H3,(H,22,25)/p+1. The number of likely N-dealkylation sites (N-methyl/N-ethyl adjacent to an activating group) is 1. The first-order chi connectivity index (χ1) is 12.5. The Bertz CT molecular complexity index is 892. The molecule has 2 N–H and O–H groups in total. The second-order valence-corrected chi connectivity index (χ2v) is 7.61. The fourth-order valence-electron chi connectivity index (χ4n) is 2.63. The minimum Gasteiger partial charge on any atom is -0.325 e. The summed E-state index contributed by atoms with van der Waals surface area (Å²) in [5.41, 5.74) is 3.90. The van der Waals surface area contributed by atoms with Gasteiger partial charge in [-0.2, -0.15) is 0 Å². The van der Waals surface area contributed by atoms with E-state index in [1.807, 2.05) is 67.9 Å². The lowest BCUT2D eigenvalue weighted by molar-refractivity contribution is -0.885. The monoisotopic (exact) mass is 386 g/mol. The molecule has 0 saturated carbocycles. The van der Waals surface area contributed by atoms with Crippen molar-refractivity contribution in [3.05, 3.63) is 70.2 Å². The molecule has 0 spiro atoms. The molecule has 134 valence electrons. The van der Waals surface area contributed by atoms with Crippen molar-refractivity contribution in [2.24, 2.45) is 0 Å². The summed E-state index contributed by atoms with van der Waals surface area (Å²) >= 11 is 7.81. The number of hydrogen-bond acceptors (Lipinski definition) is 3. The largest absolute Gasteiger partial charge is 0.325 e. The van der Waals surface area contributed by atoms with Gasteiger partial charge in [0, 0.05) is 16.6 Å². The Morgan fingerprint density at radius 3 is 2.65 bits per heavy atom. The van der Waals surface area contributed by atoms with Gasteiger partial charge < -0.3 is 10.2 Å². The molecular weight excluding hydrogens is 366 g/mol. The van der Waals surface area contributed by atoms with Crippen LogP contribution in [-0.2, 0) is 11.3 Å². The van der Waals surface area contributed by atoms with Crippen molar-refractivity contribution in [1.29, 1.82) is 0 Å². The summed E-state index contributed by atoms with van der Waals surface area (Å²) in [6.07, 6.45) is 0. The first-order valence-electron chi connectivity index (χ1n) is 8.38. The van der Waals surface area contributed by atoms with Gasteiger partial charge in [0.05, 0.1) is 12.1 Å². The molecule has 0 fully saturated rings. The molecular formula is C20H21ClN3OS+. The van der Waals surface area contributed by atoms with Crippen molar-refractivity contribution >= 4 is 34.5 Å². The topological polar surface area (TPSA) is 46.4 Å². The van der Waals surface area contributed by atoms with Crippen LogP contribution in [0.5, 0.6) is 0 Å². The van der Waals surface area contributed by atoms with Gasteiger partial charge in [0.15, 0.2) is 6.54 Å². The summed E-state index contributed by atoms with van der Waals surface area (Å²) in [5.74, 6) is -0.00656.